The van der Waals surface area contributed by atoms with Crippen molar-refractivity contribution in [1.29, 1.82) is 0 Å². The van der Waals surface area contributed by atoms with E-state index in [4.69, 9.17) is 0 Å². The third kappa shape index (κ3) is 3.46. The molecule has 0 saturated carbocycles. The Morgan fingerprint density at radius 2 is 1.61 bits per heavy atom. The van der Waals surface area contributed by atoms with Gasteiger partial charge in [-0.1, -0.05) is 36.4 Å². The molecule has 0 atom stereocenters. The van der Waals surface area contributed by atoms with E-state index in [2.05, 4.69) is 4.99 Å². The topological polar surface area (TPSA) is 32.7 Å². The highest BCUT2D eigenvalue weighted by atomic mass is 16.1. The Morgan fingerprint density at radius 1 is 0.913 bits per heavy atom. The second-order valence-electron chi connectivity index (χ2n) is 5.60. The van der Waals surface area contributed by atoms with Crippen molar-refractivity contribution in [3.63, 3.8) is 0 Å². The predicted molar refractivity (Wildman–Crippen MR) is 97.2 cm³/mol. The maximum absolute atomic E-state index is 12.3. The summed E-state index contributed by atoms with van der Waals surface area (Å²) in [6.07, 6.45) is 1.38. The molecule has 0 aliphatic rings. The van der Waals surface area contributed by atoms with Crippen molar-refractivity contribution < 1.29 is 4.79 Å². The van der Waals surface area contributed by atoms with Crippen LogP contribution in [-0.4, -0.2) is 26.1 Å². The van der Waals surface area contributed by atoms with Gasteiger partial charge in [0, 0.05) is 25.3 Å². The van der Waals surface area contributed by atoms with Crippen LogP contribution in [0.1, 0.15) is 10.4 Å². The lowest BCUT2D eigenvalue weighted by Crippen LogP contribution is -2.07. The molecule has 0 aliphatic carbocycles. The van der Waals surface area contributed by atoms with Crippen LogP contribution in [0.5, 0.6) is 0 Å². The highest BCUT2D eigenvalue weighted by Gasteiger charge is 2.04. The van der Waals surface area contributed by atoms with Crippen molar-refractivity contribution in [3.8, 4) is 0 Å². The van der Waals surface area contributed by atoms with E-state index in [0.717, 1.165) is 22.1 Å². The van der Waals surface area contributed by atoms with E-state index >= 15 is 0 Å². The van der Waals surface area contributed by atoms with E-state index in [1.54, 1.807) is 0 Å². The van der Waals surface area contributed by atoms with Gasteiger partial charge in [0.1, 0.15) is 0 Å². The van der Waals surface area contributed by atoms with Crippen molar-refractivity contribution in [2.24, 2.45) is 4.99 Å². The minimum Gasteiger partial charge on any atom is -0.378 e. The number of carbonyl (C=O) groups excluding carboxylic acids is 1. The average molecular weight is 302 g/mol. The number of anilines is 1. The van der Waals surface area contributed by atoms with Crippen LogP contribution in [-0.2, 0) is 0 Å². The first-order valence-electron chi connectivity index (χ1n) is 7.48. The van der Waals surface area contributed by atoms with Crippen LogP contribution in [0.3, 0.4) is 0 Å². The Kier molecular flexibility index (Phi) is 4.20. The van der Waals surface area contributed by atoms with Gasteiger partial charge in [-0.2, -0.15) is 0 Å². The molecular formula is C20H18N2O. The monoisotopic (exact) mass is 302 g/mol. The molecule has 3 nitrogen and oxygen atoms in total. The molecule has 3 aromatic carbocycles. The van der Waals surface area contributed by atoms with Crippen LogP contribution in [0, 0.1) is 0 Å². The Hall–Kier alpha value is -2.94. The molecule has 3 rings (SSSR count). The minimum absolute atomic E-state index is 0.0903. The van der Waals surface area contributed by atoms with E-state index < -0.39 is 0 Å². The van der Waals surface area contributed by atoms with Gasteiger partial charge >= 0.3 is 0 Å². The van der Waals surface area contributed by atoms with Crippen LogP contribution < -0.4 is 4.90 Å². The Bertz CT molecular complexity index is 864. The van der Waals surface area contributed by atoms with Gasteiger partial charge in [-0.25, -0.2) is 0 Å². The van der Waals surface area contributed by atoms with E-state index in [9.17, 15) is 4.79 Å². The van der Waals surface area contributed by atoms with E-state index in [1.165, 1.54) is 6.21 Å². The fraction of sp³-hybridized carbons (Fsp3) is 0.100. The molecule has 0 aromatic heterocycles. The standard InChI is InChI=1S/C20H18N2O/c1-22(2)19-11-9-18(10-12-19)21-14-20(23)17-8-7-15-5-3-4-6-16(15)13-17/h3-14H,1-2H3. The zero-order valence-corrected chi connectivity index (χ0v) is 13.2. The molecule has 0 heterocycles. The molecular weight excluding hydrogens is 284 g/mol. The van der Waals surface area contributed by atoms with E-state index in [0.29, 0.717) is 5.56 Å². The summed E-state index contributed by atoms with van der Waals surface area (Å²) < 4.78 is 0. The normalized spacial score (nSPS) is 11.0. The van der Waals surface area contributed by atoms with E-state index in [-0.39, 0.29) is 5.78 Å². The van der Waals surface area contributed by atoms with Crippen LogP contribution in [0.25, 0.3) is 10.8 Å². The molecule has 0 bridgehead atoms. The van der Waals surface area contributed by atoms with Gasteiger partial charge in [0.15, 0.2) is 0 Å². The molecule has 0 spiro atoms. The zero-order chi connectivity index (χ0) is 16.2. The lowest BCUT2D eigenvalue weighted by Gasteiger charge is -2.11. The number of nitrogens with zero attached hydrogens (tertiary/aromatic N) is 2. The van der Waals surface area contributed by atoms with Crippen molar-refractivity contribution in [1.82, 2.24) is 0 Å². The molecule has 3 heteroatoms. The van der Waals surface area contributed by atoms with Crippen molar-refractivity contribution >= 4 is 34.1 Å². The first-order valence-corrected chi connectivity index (χ1v) is 7.48. The molecule has 0 amide bonds. The first-order chi connectivity index (χ1) is 11.1. The number of carbonyl (C=O) groups is 1. The van der Waals surface area contributed by atoms with Gasteiger partial charge in [0.05, 0.1) is 11.9 Å². The number of aliphatic imine (C=N–C) groups is 1. The Labute approximate surface area is 135 Å². The zero-order valence-electron chi connectivity index (χ0n) is 13.2. The van der Waals surface area contributed by atoms with Gasteiger partial charge < -0.3 is 4.90 Å². The molecule has 23 heavy (non-hydrogen) atoms. The minimum atomic E-state index is -0.0903. The number of benzene rings is 3. The predicted octanol–water partition coefficient (Wildman–Crippen LogP) is 4.49. The van der Waals surface area contributed by atoms with Crippen molar-refractivity contribution in [3.05, 3.63) is 72.3 Å². The number of ketones is 1. The van der Waals surface area contributed by atoms with Crippen LogP contribution >= 0.6 is 0 Å². The molecule has 0 N–H and O–H groups in total. The Balaban J connectivity index is 1.79. The number of hydrogen-bond acceptors (Lipinski definition) is 3. The number of Topliss-reactive ketones (excluding diaryl/α,β-unsaturated/α-hetero) is 1. The molecule has 0 radical (unpaired) electrons. The molecule has 114 valence electrons. The summed E-state index contributed by atoms with van der Waals surface area (Å²) in [4.78, 5) is 18.6. The third-order valence-corrected chi connectivity index (χ3v) is 3.73. The lowest BCUT2D eigenvalue weighted by molar-refractivity contribution is 0.107. The fourth-order valence-electron chi connectivity index (χ4n) is 2.39. The SMILES string of the molecule is CN(C)c1ccc(N=CC(=O)c2ccc3ccccc3c2)cc1. The van der Waals surface area contributed by atoms with Crippen molar-refractivity contribution in [2.75, 3.05) is 19.0 Å². The summed E-state index contributed by atoms with van der Waals surface area (Å²) in [7, 11) is 3.98. The highest BCUT2D eigenvalue weighted by molar-refractivity contribution is 6.36. The van der Waals surface area contributed by atoms with Gasteiger partial charge in [-0.05, 0) is 41.1 Å². The van der Waals surface area contributed by atoms with Crippen molar-refractivity contribution in [2.45, 2.75) is 0 Å². The summed E-state index contributed by atoms with van der Waals surface area (Å²) in [5, 5.41) is 2.18. The number of rotatable bonds is 4. The number of fused-ring (bicyclic) bond motifs is 1. The summed E-state index contributed by atoms with van der Waals surface area (Å²) in [6.45, 7) is 0. The largest absolute Gasteiger partial charge is 0.378 e. The molecule has 0 aliphatic heterocycles. The molecule has 0 unspecified atom stereocenters. The lowest BCUT2D eigenvalue weighted by atomic mass is 10.0. The van der Waals surface area contributed by atoms with Crippen LogP contribution in [0.15, 0.2) is 71.7 Å². The summed E-state index contributed by atoms with van der Waals surface area (Å²) in [6, 6.07) is 21.5. The summed E-state index contributed by atoms with van der Waals surface area (Å²) in [5.74, 6) is -0.0903. The second kappa shape index (κ2) is 6.44. The second-order valence-corrected chi connectivity index (χ2v) is 5.60. The smallest absolute Gasteiger partial charge is 0.204 e. The molecule has 0 saturated heterocycles. The summed E-state index contributed by atoms with van der Waals surface area (Å²) in [5.41, 5.74) is 2.52. The van der Waals surface area contributed by atoms with Gasteiger partial charge in [0.25, 0.3) is 0 Å². The third-order valence-electron chi connectivity index (χ3n) is 3.73. The maximum Gasteiger partial charge on any atom is 0.204 e. The average Bonchev–Trinajstić information content (AvgIpc) is 2.59. The van der Waals surface area contributed by atoms with Crippen LogP contribution in [0.2, 0.25) is 0 Å². The molecule has 3 aromatic rings. The Morgan fingerprint density at radius 3 is 2.30 bits per heavy atom. The number of hydrogen-bond donors (Lipinski definition) is 0. The van der Waals surface area contributed by atoms with Gasteiger partial charge in [-0.15, -0.1) is 0 Å². The van der Waals surface area contributed by atoms with Gasteiger partial charge in [-0.3, -0.25) is 9.79 Å². The quantitative estimate of drug-likeness (QED) is 0.525. The first kappa shape index (κ1) is 15.0. The highest BCUT2D eigenvalue weighted by Crippen LogP contribution is 2.18. The van der Waals surface area contributed by atoms with E-state index in [1.807, 2.05) is 85.7 Å². The van der Waals surface area contributed by atoms with Gasteiger partial charge in [0.2, 0.25) is 5.78 Å². The molecule has 0 fully saturated rings. The maximum atomic E-state index is 12.3. The summed E-state index contributed by atoms with van der Waals surface area (Å²) >= 11 is 0. The van der Waals surface area contributed by atoms with Crippen LogP contribution in [0.4, 0.5) is 11.4 Å². The fourth-order valence-corrected chi connectivity index (χ4v) is 2.39.